The highest BCUT2D eigenvalue weighted by Gasteiger charge is 2.37. The molecule has 0 saturated heterocycles. The maximum absolute atomic E-state index is 13.9. The van der Waals surface area contributed by atoms with Crippen molar-refractivity contribution in [3.05, 3.63) is 100.0 Å². The summed E-state index contributed by atoms with van der Waals surface area (Å²) in [6.45, 7) is -1.76. The maximum atomic E-state index is 13.9. The first kappa shape index (κ1) is 29.7. The molecule has 0 spiro atoms. The summed E-state index contributed by atoms with van der Waals surface area (Å²) in [5.41, 5.74) is -3.18. The number of carboxylic acid groups (broad SMARTS) is 1. The van der Waals surface area contributed by atoms with Crippen LogP contribution >= 0.6 is 0 Å². The monoisotopic (exact) mass is 561 g/mol. The molecule has 0 aliphatic rings. The van der Waals surface area contributed by atoms with Gasteiger partial charge in [0.25, 0.3) is 11.5 Å². The summed E-state index contributed by atoms with van der Waals surface area (Å²) in [6.07, 6.45) is -6.58. The SMILES string of the molecule is O=C(O)C[C@H](C(=O)CF)N(C(=O)CCc1ccccc1)n1cc(C(F)(F)F)cc(NC(=O)c2ccccc2)c1=O. The van der Waals surface area contributed by atoms with Gasteiger partial charge in [0.15, 0.2) is 5.78 Å². The molecule has 2 N–H and O–H groups in total. The molecule has 1 heterocycles. The largest absolute Gasteiger partial charge is 0.481 e. The Morgan fingerprint density at radius 2 is 1.57 bits per heavy atom. The molecule has 0 aliphatic heterocycles. The standard InChI is InChI=1S/C27H23F4N3O6/c28-15-22(35)21(14-24(37)38)34(23(36)12-11-17-7-3-1-4-8-17)33-16-19(27(29,30)31)13-20(26(33)40)32-25(39)18-9-5-2-6-10-18/h1-10,13,16,21H,11-12,14-15H2,(H,32,39)(H,37,38)/t21-/m1/s1. The van der Waals surface area contributed by atoms with E-state index in [0.29, 0.717) is 11.6 Å². The number of aryl methyl sites for hydroxylation is 1. The molecule has 3 aromatic rings. The number of anilines is 1. The fraction of sp³-hybridized carbons (Fsp3) is 0.222. The number of benzene rings is 2. The molecule has 9 nitrogen and oxygen atoms in total. The quantitative estimate of drug-likeness (QED) is 0.345. The second kappa shape index (κ2) is 12.8. The molecule has 2 amide bonds. The zero-order chi connectivity index (χ0) is 29.4. The van der Waals surface area contributed by atoms with Crippen LogP contribution in [0.1, 0.15) is 34.3 Å². The number of halogens is 4. The highest BCUT2D eigenvalue weighted by molar-refractivity contribution is 6.04. The molecule has 0 radical (unpaired) electrons. The normalized spacial score (nSPS) is 11.9. The number of Topliss-reactive ketones (excluding diaryl/α,β-unsaturated/α-hetero) is 1. The third-order valence-electron chi connectivity index (χ3n) is 5.74. The van der Waals surface area contributed by atoms with Crippen molar-refractivity contribution >= 4 is 29.3 Å². The Morgan fingerprint density at radius 3 is 2.12 bits per heavy atom. The Bertz CT molecular complexity index is 1440. The van der Waals surface area contributed by atoms with Crippen LogP contribution in [-0.2, 0) is 27.0 Å². The van der Waals surface area contributed by atoms with E-state index in [1.165, 1.54) is 24.3 Å². The molecule has 210 valence electrons. The van der Waals surface area contributed by atoms with Gasteiger partial charge >= 0.3 is 12.1 Å². The van der Waals surface area contributed by atoms with Crippen LogP contribution in [0.2, 0.25) is 0 Å². The van der Waals surface area contributed by atoms with Crippen molar-refractivity contribution in [1.29, 1.82) is 0 Å². The molecule has 2 aromatic carbocycles. The van der Waals surface area contributed by atoms with Crippen molar-refractivity contribution in [2.75, 3.05) is 17.0 Å². The number of nitrogens with one attached hydrogen (secondary N) is 1. The maximum Gasteiger partial charge on any atom is 0.417 e. The topological polar surface area (TPSA) is 126 Å². The first-order chi connectivity index (χ1) is 18.9. The van der Waals surface area contributed by atoms with Crippen LogP contribution < -0.4 is 15.9 Å². The minimum Gasteiger partial charge on any atom is -0.481 e. The van der Waals surface area contributed by atoms with E-state index in [1.807, 2.05) is 0 Å². The number of rotatable bonds is 11. The van der Waals surface area contributed by atoms with E-state index < -0.39 is 72.1 Å². The Hall–Kier alpha value is -4.81. The lowest BCUT2D eigenvalue weighted by atomic mass is 10.1. The first-order valence-electron chi connectivity index (χ1n) is 11.8. The van der Waals surface area contributed by atoms with Crippen molar-refractivity contribution in [3.8, 4) is 0 Å². The number of ketones is 1. The van der Waals surface area contributed by atoms with Crippen LogP contribution in [0, 0.1) is 0 Å². The van der Waals surface area contributed by atoms with Crippen LogP contribution in [0.15, 0.2) is 77.7 Å². The van der Waals surface area contributed by atoms with Crippen LogP contribution in [0.3, 0.4) is 0 Å². The molecule has 40 heavy (non-hydrogen) atoms. The lowest BCUT2D eigenvalue weighted by Crippen LogP contribution is -2.57. The van der Waals surface area contributed by atoms with E-state index in [9.17, 15) is 46.6 Å². The fourth-order valence-electron chi connectivity index (χ4n) is 3.80. The highest BCUT2D eigenvalue weighted by Crippen LogP contribution is 2.30. The van der Waals surface area contributed by atoms with Gasteiger partial charge in [0.05, 0.1) is 12.0 Å². The minimum absolute atomic E-state index is 0.00184. The number of aliphatic carboxylic acids is 1. The molecule has 1 atom stereocenters. The van der Waals surface area contributed by atoms with E-state index in [1.54, 1.807) is 36.4 Å². The first-order valence-corrected chi connectivity index (χ1v) is 11.8. The van der Waals surface area contributed by atoms with Gasteiger partial charge in [-0.15, -0.1) is 0 Å². The fourth-order valence-corrected chi connectivity index (χ4v) is 3.80. The number of hydrogen-bond donors (Lipinski definition) is 2. The van der Waals surface area contributed by atoms with Crippen molar-refractivity contribution in [3.63, 3.8) is 0 Å². The van der Waals surface area contributed by atoms with Gasteiger partial charge < -0.3 is 10.4 Å². The number of aromatic nitrogens is 1. The van der Waals surface area contributed by atoms with Gasteiger partial charge in [0.2, 0.25) is 5.91 Å². The number of nitrogens with zero attached hydrogens (tertiary/aromatic N) is 2. The summed E-state index contributed by atoms with van der Waals surface area (Å²) in [4.78, 5) is 63.3. The van der Waals surface area contributed by atoms with Crippen LogP contribution in [0.4, 0.5) is 23.2 Å². The molecule has 0 bridgehead atoms. The third-order valence-corrected chi connectivity index (χ3v) is 5.74. The number of pyridine rings is 1. The summed E-state index contributed by atoms with van der Waals surface area (Å²) in [5, 5.41) is 11.6. The van der Waals surface area contributed by atoms with Gasteiger partial charge in [0.1, 0.15) is 18.4 Å². The Balaban J connectivity index is 2.17. The molecule has 0 unspecified atom stereocenters. The van der Waals surface area contributed by atoms with Gasteiger partial charge in [-0.25, -0.2) is 14.1 Å². The number of carbonyl (C=O) groups is 4. The highest BCUT2D eigenvalue weighted by atomic mass is 19.4. The molecule has 0 fully saturated rings. The van der Waals surface area contributed by atoms with E-state index in [-0.39, 0.29) is 27.9 Å². The molecule has 0 saturated carbocycles. The molecule has 0 aliphatic carbocycles. The van der Waals surface area contributed by atoms with Crippen LogP contribution in [0.5, 0.6) is 0 Å². The number of alkyl halides is 4. The van der Waals surface area contributed by atoms with Crippen molar-refractivity contribution < 1.29 is 41.8 Å². The van der Waals surface area contributed by atoms with E-state index in [2.05, 4.69) is 5.32 Å². The predicted molar refractivity (Wildman–Crippen MR) is 135 cm³/mol. The van der Waals surface area contributed by atoms with E-state index in [4.69, 9.17) is 0 Å². The van der Waals surface area contributed by atoms with Crippen LogP contribution in [0.25, 0.3) is 0 Å². The van der Waals surface area contributed by atoms with Crippen molar-refractivity contribution in [1.82, 2.24) is 4.68 Å². The average Bonchev–Trinajstić information content (AvgIpc) is 2.93. The molecule has 3 rings (SSSR count). The van der Waals surface area contributed by atoms with Gasteiger partial charge in [0, 0.05) is 18.2 Å². The third kappa shape index (κ3) is 7.40. The summed E-state index contributed by atoms with van der Waals surface area (Å²) >= 11 is 0. The Kier molecular flexibility index (Phi) is 9.54. The number of amides is 2. The minimum atomic E-state index is -5.10. The second-order valence-corrected chi connectivity index (χ2v) is 8.55. The molecular weight excluding hydrogens is 538 g/mol. The number of hydrogen-bond acceptors (Lipinski definition) is 5. The molecular formula is C27H23F4N3O6. The Morgan fingerprint density at radius 1 is 0.975 bits per heavy atom. The van der Waals surface area contributed by atoms with E-state index >= 15 is 0 Å². The number of carboxylic acids is 1. The summed E-state index contributed by atoms with van der Waals surface area (Å²) in [5.74, 6) is -5.20. The zero-order valence-corrected chi connectivity index (χ0v) is 20.7. The molecule has 1 aromatic heterocycles. The summed E-state index contributed by atoms with van der Waals surface area (Å²) in [6, 6.07) is 13.7. The van der Waals surface area contributed by atoms with Crippen molar-refractivity contribution in [2.45, 2.75) is 31.5 Å². The summed E-state index contributed by atoms with van der Waals surface area (Å²) in [7, 11) is 0. The molecule has 13 heteroatoms. The lowest BCUT2D eigenvalue weighted by Gasteiger charge is -2.31. The Labute approximate surface area is 224 Å². The van der Waals surface area contributed by atoms with E-state index in [0.717, 1.165) is 0 Å². The predicted octanol–water partition coefficient (Wildman–Crippen LogP) is 3.60. The van der Waals surface area contributed by atoms with Gasteiger partial charge in [-0.3, -0.25) is 24.0 Å². The zero-order valence-electron chi connectivity index (χ0n) is 20.7. The lowest BCUT2D eigenvalue weighted by molar-refractivity contribution is -0.141. The van der Waals surface area contributed by atoms with Crippen LogP contribution in [-0.4, -0.2) is 46.1 Å². The smallest absolute Gasteiger partial charge is 0.417 e. The van der Waals surface area contributed by atoms with Gasteiger partial charge in [-0.2, -0.15) is 13.2 Å². The van der Waals surface area contributed by atoms with Gasteiger partial charge in [-0.05, 0) is 30.2 Å². The number of carbonyl (C=O) groups excluding carboxylic acids is 3. The second-order valence-electron chi connectivity index (χ2n) is 8.55. The summed E-state index contributed by atoms with van der Waals surface area (Å²) < 4.78 is 55.2. The average molecular weight is 561 g/mol. The van der Waals surface area contributed by atoms with Gasteiger partial charge in [-0.1, -0.05) is 48.5 Å². The van der Waals surface area contributed by atoms with Crippen molar-refractivity contribution in [2.24, 2.45) is 0 Å².